The number of carbonyl (C=O) groups excluding carboxylic acids is 1. The summed E-state index contributed by atoms with van der Waals surface area (Å²) < 4.78 is 79.9. The summed E-state index contributed by atoms with van der Waals surface area (Å²) >= 11 is 5.90. The number of hydrazone groups is 1. The minimum Gasteiger partial charge on any atom is -0.382 e. The van der Waals surface area contributed by atoms with Gasteiger partial charge in [-0.05, 0) is 36.4 Å². The largest absolute Gasteiger partial charge is 0.417 e. The molecule has 1 N–H and O–H groups in total. The summed E-state index contributed by atoms with van der Waals surface area (Å²) in [5.41, 5.74) is -0.683. The molecule has 0 radical (unpaired) electrons. The summed E-state index contributed by atoms with van der Waals surface area (Å²) in [4.78, 5) is 21.0. The number of rotatable bonds is 7. The normalized spacial score (nSPS) is 16.9. The zero-order chi connectivity index (χ0) is 27.7. The minimum atomic E-state index is -4.96. The van der Waals surface area contributed by atoms with Gasteiger partial charge in [0.15, 0.2) is 24.4 Å². The van der Waals surface area contributed by atoms with Gasteiger partial charge in [0, 0.05) is 16.1 Å². The first-order valence-corrected chi connectivity index (χ1v) is 11.3. The molecule has 0 aliphatic carbocycles. The van der Waals surface area contributed by atoms with Crippen LogP contribution in [0.15, 0.2) is 66.0 Å². The van der Waals surface area contributed by atoms with E-state index in [1.165, 1.54) is 48.5 Å². The smallest absolute Gasteiger partial charge is 0.382 e. The van der Waals surface area contributed by atoms with Gasteiger partial charge in [-0.3, -0.25) is 9.80 Å². The molecule has 38 heavy (non-hydrogen) atoms. The number of alkyl halides is 6. The zero-order valence-electron chi connectivity index (χ0n) is 19.2. The van der Waals surface area contributed by atoms with Gasteiger partial charge in [0.25, 0.3) is 0 Å². The quantitative estimate of drug-likeness (QED) is 0.334. The third kappa shape index (κ3) is 5.89. The van der Waals surface area contributed by atoms with Crippen molar-refractivity contribution in [1.82, 2.24) is 19.9 Å². The number of nitrogens with zero attached hydrogens (tertiary/aromatic N) is 5. The maximum atomic E-state index is 13.5. The summed E-state index contributed by atoms with van der Waals surface area (Å²) in [6.07, 6.45) is -12.4. The summed E-state index contributed by atoms with van der Waals surface area (Å²) in [7, 11) is 0. The number of aliphatic hydroxyl groups is 1. The van der Waals surface area contributed by atoms with E-state index in [2.05, 4.69) is 15.1 Å². The number of halogens is 7. The Morgan fingerprint density at radius 1 is 1.03 bits per heavy atom. The number of aldehydes is 1. The highest BCUT2D eigenvalue weighted by molar-refractivity contribution is 6.30. The minimum absolute atomic E-state index is 0.0428. The lowest BCUT2D eigenvalue weighted by Gasteiger charge is -2.30. The average Bonchev–Trinajstić information content (AvgIpc) is 3.20. The van der Waals surface area contributed by atoms with Gasteiger partial charge in [-0.25, -0.2) is 9.97 Å². The zero-order valence-corrected chi connectivity index (χ0v) is 19.9. The van der Waals surface area contributed by atoms with Crippen LogP contribution in [-0.2, 0) is 17.5 Å². The first-order valence-electron chi connectivity index (χ1n) is 10.9. The first-order chi connectivity index (χ1) is 17.9. The molecule has 3 aromatic rings. The van der Waals surface area contributed by atoms with E-state index >= 15 is 0 Å². The summed E-state index contributed by atoms with van der Waals surface area (Å²) in [6, 6.07) is 12.0. The van der Waals surface area contributed by atoms with Gasteiger partial charge in [-0.1, -0.05) is 29.8 Å². The van der Waals surface area contributed by atoms with Crippen molar-refractivity contribution in [3.05, 3.63) is 82.8 Å². The maximum absolute atomic E-state index is 13.5. The molecule has 2 aromatic carbocycles. The summed E-state index contributed by atoms with van der Waals surface area (Å²) in [5, 5.41) is 15.5. The highest BCUT2D eigenvalue weighted by Gasteiger charge is 2.44. The Labute approximate surface area is 217 Å². The second kappa shape index (κ2) is 10.6. The molecule has 1 aliphatic rings. The van der Waals surface area contributed by atoms with Crippen molar-refractivity contribution < 1.29 is 36.2 Å². The Bertz CT molecular complexity index is 1330. The number of β-amino-alcohol motifs (C(OH)–C–C–N with tert-alkyl or cyclic N) is 1. The second-order valence-electron chi connectivity index (χ2n) is 8.23. The molecule has 2 heterocycles. The van der Waals surface area contributed by atoms with E-state index in [1.807, 2.05) is 0 Å². The van der Waals surface area contributed by atoms with Gasteiger partial charge in [0.1, 0.15) is 6.33 Å². The number of benzene rings is 2. The molecule has 7 nitrogen and oxygen atoms in total. The number of carbonyl (C=O) groups is 1. The van der Waals surface area contributed by atoms with Gasteiger partial charge >= 0.3 is 12.4 Å². The third-order valence-corrected chi connectivity index (χ3v) is 5.90. The molecule has 2 atom stereocenters. The van der Waals surface area contributed by atoms with Crippen molar-refractivity contribution in [1.29, 1.82) is 0 Å². The lowest BCUT2D eigenvalue weighted by molar-refractivity contribution is -0.207. The van der Waals surface area contributed by atoms with Crippen LogP contribution in [0.5, 0.6) is 0 Å². The highest BCUT2D eigenvalue weighted by atomic mass is 35.5. The van der Waals surface area contributed by atoms with Crippen LogP contribution in [0.2, 0.25) is 5.02 Å². The van der Waals surface area contributed by atoms with E-state index < -0.39 is 36.7 Å². The van der Waals surface area contributed by atoms with Crippen molar-refractivity contribution in [2.75, 3.05) is 6.54 Å². The SMILES string of the molecule is O=CC1N(Cc2cc(-c3ccccc3C(F)(F)F)ncn2)N=C(c2ccc(Cl)cc2)N1C[C@H](O)C(F)(F)F. The summed E-state index contributed by atoms with van der Waals surface area (Å²) in [6.45, 7) is -1.26. The van der Waals surface area contributed by atoms with Crippen LogP contribution in [0, 0.1) is 0 Å². The Morgan fingerprint density at radius 3 is 2.34 bits per heavy atom. The van der Waals surface area contributed by atoms with Crippen LogP contribution >= 0.6 is 11.6 Å². The lowest BCUT2D eigenvalue weighted by Crippen LogP contribution is -2.49. The predicted octanol–water partition coefficient (Wildman–Crippen LogP) is 4.74. The topological polar surface area (TPSA) is 81.9 Å². The van der Waals surface area contributed by atoms with Gasteiger partial charge in [0.2, 0.25) is 0 Å². The molecule has 0 saturated heterocycles. The third-order valence-electron chi connectivity index (χ3n) is 5.65. The molecule has 0 amide bonds. The van der Waals surface area contributed by atoms with Crippen LogP contribution in [0.1, 0.15) is 16.8 Å². The number of aromatic nitrogens is 2. The molecule has 0 bridgehead atoms. The lowest BCUT2D eigenvalue weighted by atomic mass is 10.0. The Balaban J connectivity index is 1.69. The van der Waals surface area contributed by atoms with Crippen LogP contribution in [0.4, 0.5) is 26.3 Å². The van der Waals surface area contributed by atoms with Gasteiger partial charge in [-0.2, -0.15) is 31.4 Å². The van der Waals surface area contributed by atoms with E-state index in [0.717, 1.165) is 22.3 Å². The Morgan fingerprint density at radius 2 is 1.71 bits per heavy atom. The number of hydrogen-bond donors (Lipinski definition) is 1. The second-order valence-corrected chi connectivity index (χ2v) is 8.66. The Hall–Kier alpha value is -3.71. The van der Waals surface area contributed by atoms with Gasteiger partial charge < -0.3 is 10.0 Å². The Kier molecular flexibility index (Phi) is 7.61. The fraction of sp³-hybridized carbons (Fsp3) is 0.250. The molecule has 0 saturated carbocycles. The van der Waals surface area contributed by atoms with Crippen LogP contribution < -0.4 is 0 Å². The molecule has 4 rings (SSSR count). The predicted molar refractivity (Wildman–Crippen MR) is 125 cm³/mol. The number of hydrogen-bond acceptors (Lipinski definition) is 7. The van der Waals surface area contributed by atoms with E-state index in [0.29, 0.717) is 16.9 Å². The van der Waals surface area contributed by atoms with Gasteiger partial charge in [-0.15, -0.1) is 0 Å². The molecule has 1 aromatic heterocycles. The fourth-order valence-corrected chi connectivity index (χ4v) is 3.98. The van der Waals surface area contributed by atoms with E-state index in [1.54, 1.807) is 0 Å². The van der Waals surface area contributed by atoms with Gasteiger partial charge in [0.05, 0.1) is 30.0 Å². The highest BCUT2D eigenvalue weighted by Crippen LogP contribution is 2.36. The van der Waals surface area contributed by atoms with Crippen molar-refractivity contribution >= 4 is 23.7 Å². The molecule has 14 heteroatoms. The fourth-order valence-electron chi connectivity index (χ4n) is 3.85. The van der Waals surface area contributed by atoms with Crippen molar-refractivity contribution in [2.45, 2.75) is 31.2 Å². The van der Waals surface area contributed by atoms with E-state index in [9.17, 15) is 36.2 Å². The van der Waals surface area contributed by atoms with Crippen LogP contribution in [-0.4, -0.2) is 62.1 Å². The standard InChI is InChI=1S/C24H18ClF6N5O2/c25-15-7-5-14(6-8-15)22-34-36(21(12-37)35(22)11-20(38)24(29,30)31)10-16-9-19(33-13-32-16)17-3-1-2-4-18(17)23(26,27)28/h1-9,12-13,20-21,38H,10-11H2/t20-,21?/m0/s1. The molecular weight excluding hydrogens is 540 g/mol. The molecule has 200 valence electrons. The molecule has 0 fully saturated rings. The molecule has 1 unspecified atom stereocenters. The van der Waals surface area contributed by atoms with Crippen LogP contribution in [0.25, 0.3) is 11.3 Å². The van der Waals surface area contributed by atoms with Crippen molar-refractivity contribution in [2.24, 2.45) is 5.10 Å². The average molecular weight is 558 g/mol. The maximum Gasteiger partial charge on any atom is 0.417 e. The summed E-state index contributed by atoms with van der Waals surface area (Å²) in [5.74, 6) is -0.0428. The molecule has 1 aliphatic heterocycles. The monoisotopic (exact) mass is 557 g/mol. The first kappa shape index (κ1) is 27.3. The molecular formula is C24H18ClF6N5O2. The van der Waals surface area contributed by atoms with E-state index in [-0.39, 0.29) is 29.3 Å². The van der Waals surface area contributed by atoms with Crippen LogP contribution in [0.3, 0.4) is 0 Å². The number of amidine groups is 1. The number of aliphatic hydroxyl groups excluding tert-OH is 1. The van der Waals surface area contributed by atoms with Crippen molar-refractivity contribution in [3.8, 4) is 11.3 Å². The molecule has 0 spiro atoms. The van der Waals surface area contributed by atoms with E-state index in [4.69, 9.17) is 11.6 Å². The van der Waals surface area contributed by atoms with Crippen molar-refractivity contribution in [3.63, 3.8) is 0 Å².